The predicted octanol–water partition coefficient (Wildman–Crippen LogP) is 2.71. The Kier molecular flexibility index (Phi) is 7.01. The van der Waals surface area contributed by atoms with Gasteiger partial charge in [0.15, 0.2) is 5.96 Å². The van der Waals surface area contributed by atoms with E-state index in [1.807, 2.05) is 19.2 Å². The van der Waals surface area contributed by atoms with Gasteiger partial charge in [0.05, 0.1) is 12.8 Å². The van der Waals surface area contributed by atoms with Gasteiger partial charge in [-0.2, -0.15) is 0 Å². The highest BCUT2D eigenvalue weighted by Crippen LogP contribution is 2.32. The van der Waals surface area contributed by atoms with Crippen LogP contribution in [0.15, 0.2) is 29.3 Å². The number of anilines is 1. The molecule has 0 amide bonds. The Morgan fingerprint density at radius 2 is 2.12 bits per heavy atom. The topological polar surface area (TPSA) is 48.9 Å². The molecule has 1 aromatic rings. The molecule has 1 saturated carbocycles. The van der Waals surface area contributed by atoms with E-state index in [2.05, 4.69) is 39.6 Å². The van der Waals surface area contributed by atoms with Crippen molar-refractivity contribution < 1.29 is 4.74 Å². The van der Waals surface area contributed by atoms with Crippen LogP contribution in [0.2, 0.25) is 0 Å². The number of ether oxygens (including phenoxy) is 1. The highest BCUT2D eigenvalue weighted by molar-refractivity contribution is 14.0. The smallest absolute Gasteiger partial charge is 0.191 e. The second kappa shape index (κ2) is 8.78. The lowest BCUT2D eigenvalue weighted by molar-refractivity contribution is 0.414. The number of nitrogens with zero attached hydrogens (tertiary/aromatic N) is 2. The minimum atomic E-state index is 0. The predicted molar refractivity (Wildman–Crippen MR) is 111 cm³/mol. The number of aliphatic imine (C=N–C) groups is 1. The van der Waals surface area contributed by atoms with Crippen molar-refractivity contribution in [1.29, 1.82) is 0 Å². The monoisotopic (exact) mass is 444 g/mol. The molecule has 3 atom stereocenters. The first-order valence-electron chi connectivity index (χ1n) is 8.56. The van der Waals surface area contributed by atoms with E-state index in [9.17, 15) is 0 Å². The van der Waals surface area contributed by atoms with Gasteiger partial charge in [-0.25, -0.2) is 0 Å². The number of rotatable bonds is 5. The molecule has 2 fully saturated rings. The highest BCUT2D eigenvalue weighted by atomic mass is 127. The van der Waals surface area contributed by atoms with Crippen molar-refractivity contribution in [3.05, 3.63) is 24.3 Å². The molecular weight excluding hydrogens is 415 g/mol. The second-order valence-corrected chi connectivity index (χ2v) is 6.69. The summed E-state index contributed by atoms with van der Waals surface area (Å²) in [6.45, 7) is 5.38. The molecule has 1 aromatic carbocycles. The van der Waals surface area contributed by atoms with Crippen LogP contribution in [-0.4, -0.2) is 45.8 Å². The van der Waals surface area contributed by atoms with Gasteiger partial charge in [0.25, 0.3) is 0 Å². The van der Waals surface area contributed by atoms with E-state index < -0.39 is 0 Å². The molecule has 1 aliphatic carbocycles. The van der Waals surface area contributed by atoms with Gasteiger partial charge in [-0.3, -0.25) is 4.99 Å². The molecule has 3 unspecified atom stereocenters. The van der Waals surface area contributed by atoms with Crippen molar-refractivity contribution in [2.24, 2.45) is 16.8 Å². The Labute approximate surface area is 162 Å². The zero-order valence-electron chi connectivity index (χ0n) is 14.8. The molecule has 24 heavy (non-hydrogen) atoms. The molecular formula is C18H29IN4O. The number of guanidine groups is 1. The Hall–Kier alpha value is -1.18. The van der Waals surface area contributed by atoms with Crippen LogP contribution in [0.25, 0.3) is 0 Å². The van der Waals surface area contributed by atoms with Crippen molar-refractivity contribution in [3.8, 4) is 5.75 Å². The fraction of sp³-hybridized carbons (Fsp3) is 0.611. The highest BCUT2D eigenvalue weighted by Gasteiger charge is 2.33. The van der Waals surface area contributed by atoms with Crippen LogP contribution in [0.1, 0.15) is 19.8 Å². The number of halogens is 1. The van der Waals surface area contributed by atoms with Crippen molar-refractivity contribution in [2.45, 2.75) is 25.8 Å². The van der Waals surface area contributed by atoms with Gasteiger partial charge in [-0.05, 0) is 36.8 Å². The van der Waals surface area contributed by atoms with Crippen LogP contribution in [0, 0.1) is 11.8 Å². The third-order valence-corrected chi connectivity index (χ3v) is 4.93. The standard InChI is InChI=1S/C18H28N4O.HI/c1-13-10-15(13)21-18(19-2)20-11-14-8-9-22(12-14)16-6-4-5-7-17(16)23-3;/h4-7,13-15H,8-12H2,1-3H3,(H2,19,20,21);1H. The quantitative estimate of drug-likeness (QED) is 0.417. The van der Waals surface area contributed by atoms with E-state index in [1.165, 1.54) is 18.5 Å². The van der Waals surface area contributed by atoms with E-state index in [-0.39, 0.29) is 24.0 Å². The number of nitrogens with one attached hydrogen (secondary N) is 2. The van der Waals surface area contributed by atoms with Gasteiger partial charge >= 0.3 is 0 Å². The largest absolute Gasteiger partial charge is 0.495 e. The maximum Gasteiger partial charge on any atom is 0.191 e. The number of hydrogen-bond acceptors (Lipinski definition) is 3. The SMILES string of the molecule is CN=C(NCC1CCN(c2ccccc2OC)C1)NC1CC1C.I. The average molecular weight is 444 g/mol. The molecule has 2 N–H and O–H groups in total. The van der Waals surface area contributed by atoms with E-state index >= 15 is 0 Å². The van der Waals surface area contributed by atoms with Crippen molar-refractivity contribution in [2.75, 3.05) is 38.7 Å². The van der Waals surface area contributed by atoms with Crippen molar-refractivity contribution in [1.82, 2.24) is 10.6 Å². The van der Waals surface area contributed by atoms with Gasteiger partial charge < -0.3 is 20.3 Å². The summed E-state index contributed by atoms with van der Waals surface area (Å²) in [6, 6.07) is 8.88. The Bertz CT molecular complexity index is 566. The second-order valence-electron chi connectivity index (χ2n) is 6.69. The van der Waals surface area contributed by atoms with Gasteiger partial charge in [0.2, 0.25) is 0 Å². The molecule has 2 aliphatic rings. The molecule has 0 bridgehead atoms. The Morgan fingerprint density at radius 1 is 1.38 bits per heavy atom. The molecule has 3 rings (SSSR count). The third kappa shape index (κ3) is 4.68. The van der Waals surface area contributed by atoms with E-state index in [1.54, 1.807) is 7.11 Å². The maximum atomic E-state index is 5.48. The molecule has 134 valence electrons. The minimum Gasteiger partial charge on any atom is -0.495 e. The van der Waals surface area contributed by atoms with Crippen LogP contribution < -0.4 is 20.3 Å². The van der Waals surface area contributed by atoms with Crippen LogP contribution >= 0.6 is 24.0 Å². The van der Waals surface area contributed by atoms with Crippen molar-refractivity contribution in [3.63, 3.8) is 0 Å². The van der Waals surface area contributed by atoms with Gasteiger partial charge in [0, 0.05) is 32.7 Å². The lowest BCUT2D eigenvalue weighted by Gasteiger charge is -2.21. The molecule has 5 nitrogen and oxygen atoms in total. The van der Waals surface area contributed by atoms with E-state index in [0.717, 1.165) is 37.3 Å². The summed E-state index contributed by atoms with van der Waals surface area (Å²) in [4.78, 5) is 6.75. The Morgan fingerprint density at radius 3 is 2.79 bits per heavy atom. The normalized spacial score (nSPS) is 25.9. The first kappa shape index (κ1) is 19.1. The first-order valence-corrected chi connectivity index (χ1v) is 8.56. The Balaban J connectivity index is 0.00000208. The third-order valence-electron chi connectivity index (χ3n) is 4.93. The van der Waals surface area contributed by atoms with Crippen LogP contribution in [-0.2, 0) is 0 Å². The van der Waals surface area contributed by atoms with Crippen LogP contribution in [0.3, 0.4) is 0 Å². The first-order chi connectivity index (χ1) is 11.2. The number of methoxy groups -OCH3 is 1. The van der Waals surface area contributed by atoms with Crippen molar-refractivity contribution >= 4 is 35.6 Å². The summed E-state index contributed by atoms with van der Waals surface area (Å²) in [7, 11) is 3.58. The number of hydrogen-bond donors (Lipinski definition) is 2. The lowest BCUT2D eigenvalue weighted by Crippen LogP contribution is -2.41. The molecule has 1 saturated heterocycles. The maximum absolute atomic E-state index is 5.48. The fourth-order valence-corrected chi connectivity index (χ4v) is 3.24. The summed E-state index contributed by atoms with van der Waals surface area (Å²) >= 11 is 0. The number of benzene rings is 1. The molecule has 0 spiro atoms. The average Bonchev–Trinajstić information content (AvgIpc) is 3.08. The lowest BCUT2D eigenvalue weighted by atomic mass is 10.1. The molecule has 0 radical (unpaired) electrons. The molecule has 1 aliphatic heterocycles. The van der Waals surface area contributed by atoms with Gasteiger partial charge in [0.1, 0.15) is 5.75 Å². The molecule has 0 aromatic heterocycles. The van der Waals surface area contributed by atoms with Crippen LogP contribution in [0.5, 0.6) is 5.75 Å². The molecule has 6 heteroatoms. The summed E-state index contributed by atoms with van der Waals surface area (Å²) in [5, 5.41) is 6.97. The van der Waals surface area contributed by atoms with E-state index in [0.29, 0.717) is 12.0 Å². The zero-order chi connectivity index (χ0) is 16.2. The number of para-hydroxylation sites is 2. The minimum absolute atomic E-state index is 0. The van der Waals surface area contributed by atoms with Gasteiger partial charge in [-0.1, -0.05) is 19.1 Å². The fourth-order valence-electron chi connectivity index (χ4n) is 3.24. The van der Waals surface area contributed by atoms with E-state index in [4.69, 9.17) is 4.74 Å². The zero-order valence-corrected chi connectivity index (χ0v) is 17.1. The summed E-state index contributed by atoms with van der Waals surface area (Å²) < 4.78 is 5.48. The summed E-state index contributed by atoms with van der Waals surface area (Å²) in [5.74, 6) is 3.31. The van der Waals surface area contributed by atoms with Gasteiger partial charge in [-0.15, -0.1) is 24.0 Å². The van der Waals surface area contributed by atoms with Crippen LogP contribution in [0.4, 0.5) is 5.69 Å². The summed E-state index contributed by atoms with van der Waals surface area (Å²) in [5.41, 5.74) is 1.20. The molecule has 1 heterocycles. The summed E-state index contributed by atoms with van der Waals surface area (Å²) in [6.07, 6.45) is 2.45.